The van der Waals surface area contributed by atoms with Crippen molar-refractivity contribution in [2.24, 2.45) is 0 Å². The summed E-state index contributed by atoms with van der Waals surface area (Å²) in [6.45, 7) is 4.30. The van der Waals surface area contributed by atoms with Gasteiger partial charge in [-0.2, -0.15) is 0 Å². The van der Waals surface area contributed by atoms with Gasteiger partial charge in [-0.15, -0.1) is 0 Å². The predicted molar refractivity (Wildman–Crippen MR) is 129 cm³/mol. The average Bonchev–Trinajstić information content (AvgIpc) is 2.88. The number of carbonyl (C=O) groups is 1. The average molecular weight is 446 g/mol. The summed E-state index contributed by atoms with van der Waals surface area (Å²) >= 11 is 0. The van der Waals surface area contributed by atoms with E-state index in [1.54, 1.807) is 12.3 Å². The lowest BCUT2D eigenvalue weighted by Gasteiger charge is -2.36. The number of hydrogen-bond donors (Lipinski definition) is 2. The second kappa shape index (κ2) is 11.5. The Morgan fingerprint density at radius 1 is 0.939 bits per heavy atom. The number of nitrogens with zero attached hydrogens (tertiary/aromatic N) is 4. The van der Waals surface area contributed by atoms with Crippen LogP contribution in [0.5, 0.6) is 0 Å². The highest BCUT2D eigenvalue weighted by Gasteiger charge is 2.23. The summed E-state index contributed by atoms with van der Waals surface area (Å²) in [5, 5.41) is 12.8. The molecule has 4 rings (SSSR count). The Morgan fingerprint density at radius 2 is 1.70 bits per heavy atom. The number of pyridine rings is 2. The third-order valence-electron chi connectivity index (χ3n) is 5.99. The minimum atomic E-state index is -0.351. The fourth-order valence-corrected chi connectivity index (χ4v) is 4.15. The lowest BCUT2D eigenvalue weighted by Crippen LogP contribution is -2.48. The predicted octanol–water partition coefficient (Wildman–Crippen LogP) is 2.17. The highest BCUT2D eigenvalue weighted by molar-refractivity contribution is 5.99. The highest BCUT2D eigenvalue weighted by atomic mass is 16.3. The molecule has 2 aromatic heterocycles. The van der Waals surface area contributed by atoms with Crippen LogP contribution >= 0.6 is 0 Å². The van der Waals surface area contributed by atoms with E-state index in [0.29, 0.717) is 17.8 Å². The number of amides is 1. The van der Waals surface area contributed by atoms with Crippen molar-refractivity contribution in [3.05, 3.63) is 89.9 Å². The van der Waals surface area contributed by atoms with Crippen LogP contribution < -0.4 is 10.2 Å². The molecule has 1 aromatic carbocycles. The van der Waals surface area contributed by atoms with Gasteiger partial charge in [-0.25, -0.2) is 4.98 Å². The van der Waals surface area contributed by atoms with Crippen molar-refractivity contribution in [1.29, 1.82) is 0 Å². The molecule has 0 spiro atoms. The van der Waals surface area contributed by atoms with Crippen LogP contribution in [-0.4, -0.2) is 71.3 Å². The number of carbonyl (C=O) groups excluding carboxylic acids is 1. The van der Waals surface area contributed by atoms with Crippen molar-refractivity contribution >= 4 is 11.7 Å². The van der Waals surface area contributed by atoms with Crippen molar-refractivity contribution in [3.63, 3.8) is 0 Å². The number of nitrogens with one attached hydrogen (secondary N) is 1. The maximum Gasteiger partial charge on any atom is 0.255 e. The van der Waals surface area contributed by atoms with E-state index >= 15 is 0 Å². The van der Waals surface area contributed by atoms with Gasteiger partial charge in [-0.1, -0.05) is 36.4 Å². The van der Waals surface area contributed by atoms with Gasteiger partial charge in [0.15, 0.2) is 0 Å². The zero-order valence-corrected chi connectivity index (χ0v) is 18.8. The number of aliphatic hydroxyl groups is 1. The molecule has 0 radical (unpaired) electrons. The van der Waals surface area contributed by atoms with Crippen LogP contribution in [0.1, 0.15) is 21.6 Å². The summed E-state index contributed by atoms with van der Waals surface area (Å²) in [7, 11) is 0. The second-order valence-corrected chi connectivity index (χ2v) is 8.32. The molecule has 0 saturated carbocycles. The fourth-order valence-electron chi connectivity index (χ4n) is 4.15. The van der Waals surface area contributed by atoms with Crippen molar-refractivity contribution < 1.29 is 9.90 Å². The van der Waals surface area contributed by atoms with Gasteiger partial charge in [0.05, 0.1) is 18.2 Å². The number of anilines is 1. The molecule has 1 unspecified atom stereocenters. The third-order valence-corrected chi connectivity index (χ3v) is 5.99. The Morgan fingerprint density at radius 3 is 2.42 bits per heavy atom. The van der Waals surface area contributed by atoms with Crippen molar-refractivity contribution in [1.82, 2.24) is 20.2 Å². The molecular weight excluding hydrogens is 414 g/mol. The van der Waals surface area contributed by atoms with Gasteiger partial charge in [0.1, 0.15) is 5.82 Å². The summed E-state index contributed by atoms with van der Waals surface area (Å²) in [5.41, 5.74) is 2.73. The molecule has 1 aliphatic heterocycles. The lowest BCUT2D eigenvalue weighted by molar-refractivity contribution is 0.0916. The Kier molecular flexibility index (Phi) is 8.00. The summed E-state index contributed by atoms with van der Waals surface area (Å²) in [5.74, 6) is 0.501. The quantitative estimate of drug-likeness (QED) is 0.526. The molecular formula is C26H31N5O2. The summed E-state index contributed by atoms with van der Waals surface area (Å²) in [6.07, 6.45) is 5.07. The molecule has 0 aliphatic carbocycles. The molecule has 1 aliphatic rings. The van der Waals surface area contributed by atoms with Crippen molar-refractivity contribution in [2.45, 2.75) is 18.9 Å². The van der Waals surface area contributed by atoms with Crippen LogP contribution in [0, 0.1) is 0 Å². The normalized spacial score (nSPS) is 15.2. The zero-order valence-electron chi connectivity index (χ0n) is 18.8. The fraction of sp³-hybridized carbons (Fsp3) is 0.346. The summed E-state index contributed by atoms with van der Waals surface area (Å²) in [6, 6.07) is 19.1. The van der Waals surface area contributed by atoms with E-state index in [0.717, 1.165) is 50.4 Å². The van der Waals surface area contributed by atoms with Gasteiger partial charge in [-0.05, 0) is 36.2 Å². The first-order valence-corrected chi connectivity index (χ1v) is 11.5. The Bertz CT molecular complexity index is 1010. The van der Waals surface area contributed by atoms with Gasteiger partial charge >= 0.3 is 0 Å². The number of hydrogen-bond acceptors (Lipinski definition) is 6. The molecule has 7 nitrogen and oxygen atoms in total. The monoisotopic (exact) mass is 445 g/mol. The Balaban J connectivity index is 1.34. The molecule has 0 bridgehead atoms. The van der Waals surface area contributed by atoms with Crippen LogP contribution in [0.2, 0.25) is 0 Å². The van der Waals surface area contributed by atoms with E-state index in [9.17, 15) is 9.90 Å². The first-order chi connectivity index (χ1) is 16.2. The minimum absolute atomic E-state index is 0.120. The number of benzene rings is 1. The molecule has 1 atom stereocenters. The summed E-state index contributed by atoms with van der Waals surface area (Å²) in [4.78, 5) is 26.6. The van der Waals surface area contributed by atoms with Gasteiger partial charge in [0.25, 0.3) is 5.91 Å². The Labute approximate surface area is 195 Å². The number of aliphatic hydroxyl groups excluding tert-OH is 1. The van der Waals surface area contributed by atoms with Crippen LogP contribution in [0.3, 0.4) is 0 Å². The second-order valence-electron chi connectivity index (χ2n) is 8.32. The molecule has 33 heavy (non-hydrogen) atoms. The molecule has 2 N–H and O–H groups in total. The van der Waals surface area contributed by atoms with E-state index in [4.69, 9.17) is 0 Å². The van der Waals surface area contributed by atoms with Gasteiger partial charge in [0.2, 0.25) is 0 Å². The molecule has 1 fully saturated rings. The Hall–Kier alpha value is -3.29. The first-order valence-electron chi connectivity index (χ1n) is 11.5. The van der Waals surface area contributed by atoms with E-state index in [2.05, 4.69) is 31.2 Å². The zero-order chi connectivity index (χ0) is 22.9. The van der Waals surface area contributed by atoms with Gasteiger partial charge in [0, 0.05) is 57.2 Å². The van der Waals surface area contributed by atoms with Crippen LogP contribution in [0.15, 0.2) is 73.1 Å². The molecule has 3 heterocycles. The van der Waals surface area contributed by atoms with E-state index in [1.165, 1.54) is 0 Å². The van der Waals surface area contributed by atoms with Gasteiger partial charge in [-0.3, -0.25) is 14.7 Å². The topological polar surface area (TPSA) is 81.6 Å². The minimum Gasteiger partial charge on any atom is -0.394 e. The largest absolute Gasteiger partial charge is 0.394 e. The van der Waals surface area contributed by atoms with Crippen LogP contribution in [-0.2, 0) is 12.8 Å². The highest BCUT2D eigenvalue weighted by Crippen LogP contribution is 2.19. The molecule has 3 aromatic rings. The molecule has 1 saturated heterocycles. The number of rotatable bonds is 9. The maximum atomic E-state index is 13.1. The van der Waals surface area contributed by atoms with E-state index in [1.807, 2.05) is 54.7 Å². The van der Waals surface area contributed by atoms with Crippen molar-refractivity contribution in [3.8, 4) is 0 Å². The summed E-state index contributed by atoms with van der Waals surface area (Å²) < 4.78 is 0. The number of aromatic nitrogens is 2. The van der Waals surface area contributed by atoms with Crippen molar-refractivity contribution in [2.75, 3.05) is 44.2 Å². The maximum absolute atomic E-state index is 13.1. The lowest BCUT2D eigenvalue weighted by atomic mass is 10.1. The smallest absolute Gasteiger partial charge is 0.255 e. The van der Waals surface area contributed by atoms with E-state index < -0.39 is 0 Å². The standard InChI is InChI=1S/C26H31N5O2/c32-20-23(19-21-7-2-1-3-8-21)29-26(33)24-10-6-13-28-25(24)31-17-15-30(16-18-31)14-11-22-9-4-5-12-27-22/h1-10,12-13,23,32H,11,14-20H2,(H,29,33). The third kappa shape index (κ3) is 6.37. The van der Waals surface area contributed by atoms with Crippen LogP contribution in [0.25, 0.3) is 0 Å². The number of piperazine rings is 1. The molecule has 172 valence electrons. The van der Waals surface area contributed by atoms with Crippen LogP contribution in [0.4, 0.5) is 5.82 Å². The van der Waals surface area contributed by atoms with E-state index in [-0.39, 0.29) is 18.6 Å². The van der Waals surface area contributed by atoms with Gasteiger partial charge < -0.3 is 15.3 Å². The molecule has 1 amide bonds. The first kappa shape index (κ1) is 22.9. The molecule has 7 heteroatoms. The SMILES string of the molecule is O=C(NC(CO)Cc1ccccc1)c1cccnc1N1CCN(CCc2ccccn2)CC1.